The minimum Gasteiger partial charge on any atom is -0.492 e. The van der Waals surface area contributed by atoms with Crippen molar-refractivity contribution in [3.8, 4) is 11.5 Å². The number of amides is 1. The van der Waals surface area contributed by atoms with Gasteiger partial charge in [0.1, 0.15) is 16.9 Å². The largest absolute Gasteiger partial charge is 0.511 e. The van der Waals surface area contributed by atoms with Crippen LogP contribution in [-0.4, -0.2) is 66.5 Å². The van der Waals surface area contributed by atoms with E-state index in [1.807, 2.05) is 4.90 Å². The number of alkyl carbamates (subject to hydrolysis) is 1. The summed E-state index contributed by atoms with van der Waals surface area (Å²) in [6.45, 7) is 6.82. The summed E-state index contributed by atoms with van der Waals surface area (Å²) in [4.78, 5) is 38.4. The smallest absolute Gasteiger partial charge is 0.492 e. The number of hydrogen-bond acceptors (Lipinski definition) is 8. The van der Waals surface area contributed by atoms with Gasteiger partial charge >= 0.3 is 12.2 Å². The molecule has 3 fully saturated rings. The van der Waals surface area contributed by atoms with Gasteiger partial charge in [0.2, 0.25) is 5.43 Å². The van der Waals surface area contributed by atoms with Crippen LogP contribution in [-0.2, 0) is 9.47 Å². The number of nitrogens with one attached hydrogen (secondary N) is 1. The lowest BCUT2D eigenvalue weighted by molar-refractivity contribution is -0.000283. The molecule has 0 bridgehead atoms. The number of methoxy groups -OCH3 is 1. The average Bonchev–Trinajstić information content (AvgIpc) is 3.50. The number of carboxylic acid groups (broad SMARTS) is 1. The first-order chi connectivity index (χ1) is 17.9. The molecule has 1 aromatic heterocycles. The predicted molar refractivity (Wildman–Crippen MR) is 135 cm³/mol. The average molecular weight is 534 g/mol. The van der Waals surface area contributed by atoms with Gasteiger partial charge in [-0.25, -0.2) is 14.0 Å². The first-order valence-corrected chi connectivity index (χ1v) is 12.6. The molecule has 12 heteroatoms. The molecular formula is C26H32FN3O8. The molecule has 1 aliphatic carbocycles. The minimum atomic E-state index is -1.62. The maximum Gasteiger partial charge on any atom is 0.511 e. The molecule has 3 aliphatic rings. The number of halogens is 1. The van der Waals surface area contributed by atoms with Crippen molar-refractivity contribution >= 4 is 28.8 Å². The van der Waals surface area contributed by atoms with Crippen molar-refractivity contribution in [2.75, 3.05) is 38.3 Å². The van der Waals surface area contributed by atoms with E-state index >= 15 is 4.39 Å². The van der Waals surface area contributed by atoms with Gasteiger partial charge in [-0.1, -0.05) is 0 Å². The Morgan fingerprint density at radius 3 is 2.66 bits per heavy atom. The quantitative estimate of drug-likeness (QED) is 0.535. The number of carbonyl (C=O) groups is 2. The third-order valence-electron chi connectivity index (χ3n) is 7.25. The second-order valence-electron chi connectivity index (χ2n) is 11.1. The molecule has 3 heterocycles. The third-order valence-corrected chi connectivity index (χ3v) is 7.25. The predicted octanol–water partition coefficient (Wildman–Crippen LogP) is 3.66. The van der Waals surface area contributed by atoms with E-state index in [1.54, 1.807) is 25.3 Å². The van der Waals surface area contributed by atoms with Crippen LogP contribution < -0.4 is 25.1 Å². The maximum atomic E-state index is 15.8. The van der Waals surface area contributed by atoms with Crippen LogP contribution in [0.15, 0.2) is 17.1 Å². The Morgan fingerprint density at radius 1 is 1.29 bits per heavy atom. The van der Waals surface area contributed by atoms with E-state index in [9.17, 15) is 14.4 Å². The third kappa shape index (κ3) is 4.72. The van der Waals surface area contributed by atoms with Crippen LogP contribution in [0.3, 0.4) is 0 Å². The molecule has 5 rings (SSSR count). The summed E-state index contributed by atoms with van der Waals surface area (Å²) in [6, 6.07) is 1.12. The number of carbonyl (C=O) groups excluding carboxylic acids is 1. The number of anilines is 1. The molecular weight excluding hydrogens is 501 g/mol. The molecule has 2 atom stereocenters. The highest BCUT2D eigenvalue weighted by molar-refractivity contribution is 5.92. The van der Waals surface area contributed by atoms with Crippen molar-refractivity contribution in [1.82, 2.24) is 9.88 Å². The molecule has 1 aromatic carbocycles. The fraction of sp³-hybridized carbons (Fsp3) is 0.577. The van der Waals surface area contributed by atoms with Crippen LogP contribution >= 0.6 is 0 Å². The molecule has 0 spiro atoms. The zero-order chi connectivity index (χ0) is 27.4. The van der Waals surface area contributed by atoms with Crippen molar-refractivity contribution in [3.05, 3.63) is 28.3 Å². The topological polar surface area (TPSA) is 129 Å². The Balaban J connectivity index is 1.53. The van der Waals surface area contributed by atoms with E-state index in [0.29, 0.717) is 25.2 Å². The van der Waals surface area contributed by atoms with Gasteiger partial charge in [-0.3, -0.25) is 4.79 Å². The van der Waals surface area contributed by atoms with E-state index in [0.717, 1.165) is 25.3 Å². The van der Waals surface area contributed by atoms with Gasteiger partial charge in [0.25, 0.3) is 0 Å². The van der Waals surface area contributed by atoms with Crippen LogP contribution in [0, 0.1) is 11.7 Å². The first-order valence-electron chi connectivity index (χ1n) is 12.6. The summed E-state index contributed by atoms with van der Waals surface area (Å²) < 4.78 is 39.5. The SMILES string of the molecule is COc1c(N2CC3CCOC3(CNC(=O)OC(C)(C)C)C2)c(F)cc2c(=O)c(OC(=O)O)cn(C3CC3)c12. The van der Waals surface area contributed by atoms with Gasteiger partial charge in [0, 0.05) is 31.7 Å². The number of rotatable bonds is 6. The molecule has 2 saturated heterocycles. The molecule has 206 valence electrons. The van der Waals surface area contributed by atoms with Crippen molar-refractivity contribution in [1.29, 1.82) is 0 Å². The number of nitrogens with zero attached hydrogens (tertiary/aromatic N) is 2. The molecule has 2 aromatic rings. The number of hydrogen-bond donors (Lipinski definition) is 2. The highest BCUT2D eigenvalue weighted by Gasteiger charge is 2.52. The van der Waals surface area contributed by atoms with Crippen LogP contribution in [0.5, 0.6) is 11.5 Å². The van der Waals surface area contributed by atoms with E-state index in [-0.39, 0.29) is 41.1 Å². The molecule has 1 amide bonds. The van der Waals surface area contributed by atoms with Crippen molar-refractivity contribution in [2.24, 2.45) is 5.92 Å². The van der Waals surface area contributed by atoms with E-state index < -0.39 is 34.7 Å². The number of ether oxygens (including phenoxy) is 4. The number of benzene rings is 1. The molecule has 1 saturated carbocycles. The molecule has 2 aliphatic heterocycles. The fourth-order valence-corrected chi connectivity index (χ4v) is 5.54. The second kappa shape index (κ2) is 9.33. The summed E-state index contributed by atoms with van der Waals surface area (Å²) in [6.07, 6.45) is 1.56. The molecule has 38 heavy (non-hydrogen) atoms. The Bertz CT molecular complexity index is 1350. The summed E-state index contributed by atoms with van der Waals surface area (Å²) in [5.74, 6) is -0.866. The minimum absolute atomic E-state index is 0.00659. The summed E-state index contributed by atoms with van der Waals surface area (Å²) in [5, 5.41) is 11.8. The first kappa shape index (κ1) is 26.1. The molecule has 2 unspecified atom stereocenters. The number of pyridine rings is 1. The van der Waals surface area contributed by atoms with Crippen LogP contribution in [0.4, 0.5) is 19.7 Å². The van der Waals surface area contributed by atoms with Gasteiger partial charge in [0.15, 0.2) is 17.3 Å². The number of aromatic nitrogens is 1. The van der Waals surface area contributed by atoms with Gasteiger partial charge < -0.3 is 38.8 Å². The highest BCUT2D eigenvalue weighted by Crippen LogP contribution is 2.48. The van der Waals surface area contributed by atoms with Crippen molar-refractivity contribution in [2.45, 2.75) is 57.3 Å². The lowest BCUT2D eigenvalue weighted by Crippen LogP contribution is -2.49. The van der Waals surface area contributed by atoms with Crippen LogP contribution in [0.25, 0.3) is 10.9 Å². The van der Waals surface area contributed by atoms with Gasteiger partial charge in [-0.15, -0.1) is 0 Å². The van der Waals surface area contributed by atoms with E-state index in [4.69, 9.17) is 24.1 Å². The number of fused-ring (bicyclic) bond motifs is 2. The summed E-state index contributed by atoms with van der Waals surface area (Å²) in [7, 11) is 1.41. The highest BCUT2D eigenvalue weighted by atomic mass is 19.1. The maximum absolute atomic E-state index is 15.8. The molecule has 2 N–H and O–H groups in total. The van der Waals surface area contributed by atoms with Crippen LogP contribution in [0.1, 0.15) is 46.1 Å². The second-order valence-corrected chi connectivity index (χ2v) is 11.1. The van der Waals surface area contributed by atoms with Crippen LogP contribution in [0.2, 0.25) is 0 Å². The molecule has 0 radical (unpaired) electrons. The van der Waals surface area contributed by atoms with Gasteiger partial charge in [0.05, 0.1) is 30.8 Å². The Labute approximate surface area is 218 Å². The van der Waals surface area contributed by atoms with E-state index in [1.165, 1.54) is 13.3 Å². The Morgan fingerprint density at radius 2 is 2.03 bits per heavy atom. The normalized spacial score (nSPS) is 22.9. The Hall–Kier alpha value is -3.54. The van der Waals surface area contributed by atoms with Gasteiger partial charge in [-0.05, 0) is 46.1 Å². The standard InChI is InChI=1S/C26H32FN3O8/c1-25(2,3)38-23(32)28-12-26-13-29(10-14(26)7-8-36-26)20-17(27)9-16-19(22(20)35-4)30(15-5-6-15)11-18(21(16)31)37-24(33)34/h9,11,14-15H,5-8,10,12-13H2,1-4H3,(H,28,32)(H,33,34). The summed E-state index contributed by atoms with van der Waals surface area (Å²) >= 11 is 0. The zero-order valence-electron chi connectivity index (χ0n) is 21.8. The molecule has 11 nitrogen and oxygen atoms in total. The van der Waals surface area contributed by atoms with E-state index in [2.05, 4.69) is 5.32 Å². The zero-order valence-corrected chi connectivity index (χ0v) is 21.8. The monoisotopic (exact) mass is 533 g/mol. The fourth-order valence-electron chi connectivity index (χ4n) is 5.54. The van der Waals surface area contributed by atoms with Gasteiger partial charge in [-0.2, -0.15) is 0 Å². The Kier molecular flexibility index (Phi) is 6.41. The lowest BCUT2D eigenvalue weighted by atomic mass is 9.91. The lowest BCUT2D eigenvalue weighted by Gasteiger charge is -2.30. The summed E-state index contributed by atoms with van der Waals surface area (Å²) in [5.41, 5.74) is -1.54. The van der Waals surface area contributed by atoms with Crippen molar-refractivity contribution < 1.29 is 38.0 Å². The van der Waals surface area contributed by atoms with Crippen molar-refractivity contribution in [3.63, 3.8) is 0 Å².